The lowest BCUT2D eigenvalue weighted by Crippen LogP contribution is -2.16. The predicted octanol–water partition coefficient (Wildman–Crippen LogP) is 4.83. The number of sulfone groups is 1. The molecule has 1 N–H and O–H groups in total. The van der Waals surface area contributed by atoms with E-state index in [1.807, 2.05) is 0 Å². The molecule has 0 unspecified atom stereocenters. The Bertz CT molecular complexity index is 1290. The Hall–Kier alpha value is -3.54. The van der Waals surface area contributed by atoms with E-state index in [1.54, 1.807) is 0 Å². The highest BCUT2D eigenvalue weighted by atomic mass is 32.2. The van der Waals surface area contributed by atoms with E-state index < -0.39 is 56.3 Å². The summed E-state index contributed by atoms with van der Waals surface area (Å²) >= 11 is 0. The summed E-state index contributed by atoms with van der Waals surface area (Å²) in [7, 11) is -3.62. The maximum atomic E-state index is 13.9. The van der Waals surface area contributed by atoms with Gasteiger partial charge in [-0.1, -0.05) is 6.07 Å². The molecule has 168 valence electrons. The molecule has 0 aliphatic carbocycles. The average molecular weight is 472 g/mol. The molecule has 0 fully saturated rings. The fraction of sp³-hybridized carbons (Fsp3) is 0.100. The van der Waals surface area contributed by atoms with Gasteiger partial charge < -0.3 is 10.1 Å². The molecule has 0 atom stereocenters. The standard InChI is InChI=1S/C20H13F5N2O4S/c1-32(29,30)14-4-2-3-13(9-14)27-18(28)15-7-11(20(23,24)25)10-26-19(15)31-17-8-12(21)5-6-16(17)22/h2-10H,1H3,(H,27,28). The number of hydrogen-bond donors (Lipinski definition) is 1. The van der Waals surface area contributed by atoms with E-state index in [1.165, 1.54) is 18.2 Å². The topological polar surface area (TPSA) is 85.4 Å². The average Bonchev–Trinajstić information content (AvgIpc) is 2.69. The van der Waals surface area contributed by atoms with Crippen molar-refractivity contribution < 1.29 is 39.9 Å². The van der Waals surface area contributed by atoms with Crippen molar-refractivity contribution in [1.29, 1.82) is 0 Å². The highest BCUT2D eigenvalue weighted by Gasteiger charge is 2.33. The second-order valence-corrected chi connectivity index (χ2v) is 8.52. The molecule has 32 heavy (non-hydrogen) atoms. The molecule has 1 heterocycles. The van der Waals surface area contributed by atoms with Crippen LogP contribution in [0.3, 0.4) is 0 Å². The number of halogens is 5. The van der Waals surface area contributed by atoms with Gasteiger partial charge in [-0.15, -0.1) is 0 Å². The van der Waals surface area contributed by atoms with Crippen LogP contribution in [0.4, 0.5) is 27.6 Å². The summed E-state index contributed by atoms with van der Waals surface area (Å²) in [6.07, 6.45) is -3.56. The monoisotopic (exact) mass is 472 g/mol. The van der Waals surface area contributed by atoms with Crippen molar-refractivity contribution in [2.45, 2.75) is 11.1 Å². The number of carbonyl (C=O) groups excluding carboxylic acids is 1. The number of nitrogens with one attached hydrogen (secondary N) is 1. The van der Waals surface area contributed by atoms with Crippen molar-refractivity contribution >= 4 is 21.4 Å². The zero-order valence-electron chi connectivity index (χ0n) is 16.1. The lowest BCUT2D eigenvalue weighted by molar-refractivity contribution is -0.137. The van der Waals surface area contributed by atoms with E-state index in [4.69, 9.17) is 4.74 Å². The van der Waals surface area contributed by atoms with Crippen LogP contribution in [-0.4, -0.2) is 25.6 Å². The molecule has 0 aliphatic rings. The summed E-state index contributed by atoms with van der Waals surface area (Å²) in [4.78, 5) is 16.0. The van der Waals surface area contributed by atoms with Crippen molar-refractivity contribution in [3.63, 3.8) is 0 Å². The van der Waals surface area contributed by atoms with Crippen molar-refractivity contribution in [2.75, 3.05) is 11.6 Å². The lowest BCUT2D eigenvalue weighted by Gasteiger charge is -2.14. The van der Waals surface area contributed by atoms with Gasteiger partial charge in [-0.05, 0) is 36.4 Å². The first-order valence-corrected chi connectivity index (χ1v) is 10.6. The van der Waals surface area contributed by atoms with Crippen LogP contribution in [0.15, 0.2) is 59.6 Å². The molecule has 3 aromatic rings. The highest BCUT2D eigenvalue weighted by Crippen LogP contribution is 2.33. The van der Waals surface area contributed by atoms with Crippen molar-refractivity contribution in [2.24, 2.45) is 0 Å². The summed E-state index contributed by atoms with van der Waals surface area (Å²) in [6, 6.07) is 7.56. The van der Waals surface area contributed by atoms with Crippen molar-refractivity contribution in [3.05, 3.63) is 77.5 Å². The van der Waals surface area contributed by atoms with Crippen molar-refractivity contribution in [1.82, 2.24) is 4.98 Å². The molecule has 0 aliphatic heterocycles. The van der Waals surface area contributed by atoms with Gasteiger partial charge in [-0.3, -0.25) is 4.79 Å². The number of benzene rings is 2. The molecular formula is C20H13F5N2O4S. The first kappa shape index (κ1) is 23.1. The Labute approximate surface area is 178 Å². The molecule has 0 saturated carbocycles. The third-order valence-electron chi connectivity index (χ3n) is 4.04. The number of rotatable bonds is 5. The SMILES string of the molecule is CS(=O)(=O)c1cccc(NC(=O)c2cc(C(F)(F)F)cnc2Oc2cc(F)ccc2F)c1. The largest absolute Gasteiger partial charge is 0.435 e. The normalized spacial score (nSPS) is 11.8. The summed E-state index contributed by atoms with van der Waals surface area (Å²) in [5.74, 6) is -4.51. The first-order valence-electron chi connectivity index (χ1n) is 8.66. The number of hydrogen-bond acceptors (Lipinski definition) is 5. The quantitative estimate of drug-likeness (QED) is 0.538. The number of amides is 1. The molecule has 1 aromatic heterocycles. The van der Waals surface area contributed by atoms with Crippen LogP contribution >= 0.6 is 0 Å². The van der Waals surface area contributed by atoms with Crippen LogP contribution in [0.5, 0.6) is 11.6 Å². The smallest absolute Gasteiger partial charge is 0.417 e. The molecular weight excluding hydrogens is 459 g/mol. The zero-order valence-corrected chi connectivity index (χ0v) is 16.9. The maximum Gasteiger partial charge on any atom is 0.417 e. The number of carbonyl (C=O) groups is 1. The molecule has 1 amide bonds. The van der Waals surface area contributed by atoms with Gasteiger partial charge >= 0.3 is 6.18 Å². The van der Waals surface area contributed by atoms with E-state index in [0.717, 1.165) is 24.5 Å². The first-order chi connectivity index (χ1) is 14.8. The van der Waals surface area contributed by atoms with Gasteiger partial charge in [-0.25, -0.2) is 22.2 Å². The molecule has 12 heteroatoms. The Balaban J connectivity index is 2.02. The zero-order chi connectivity index (χ0) is 23.7. The molecule has 0 radical (unpaired) electrons. The van der Waals surface area contributed by atoms with Crippen molar-refractivity contribution in [3.8, 4) is 11.6 Å². The predicted molar refractivity (Wildman–Crippen MR) is 103 cm³/mol. The third kappa shape index (κ3) is 5.38. The van der Waals surface area contributed by atoms with Crippen LogP contribution in [-0.2, 0) is 16.0 Å². The van der Waals surface area contributed by atoms with E-state index in [0.29, 0.717) is 18.3 Å². The van der Waals surface area contributed by atoms with E-state index in [-0.39, 0.29) is 10.6 Å². The number of anilines is 1. The molecule has 3 rings (SSSR count). The minimum atomic E-state index is -4.86. The highest BCUT2D eigenvalue weighted by molar-refractivity contribution is 7.90. The Morgan fingerprint density at radius 1 is 1.06 bits per heavy atom. The number of alkyl halides is 3. The minimum Gasteiger partial charge on any atom is -0.435 e. The molecule has 0 bridgehead atoms. The summed E-state index contributed by atoms with van der Waals surface area (Å²) < 4.78 is 95.1. The minimum absolute atomic E-state index is 0.0433. The van der Waals surface area contributed by atoms with E-state index in [2.05, 4.69) is 10.3 Å². The fourth-order valence-corrected chi connectivity index (χ4v) is 3.18. The molecule has 0 saturated heterocycles. The van der Waals surface area contributed by atoms with Gasteiger partial charge in [0, 0.05) is 24.2 Å². The van der Waals surface area contributed by atoms with Gasteiger partial charge in [0.1, 0.15) is 11.4 Å². The van der Waals surface area contributed by atoms with Crippen LogP contribution in [0, 0.1) is 11.6 Å². The number of ether oxygens (including phenoxy) is 1. The Morgan fingerprint density at radius 2 is 1.78 bits per heavy atom. The lowest BCUT2D eigenvalue weighted by atomic mass is 10.1. The van der Waals surface area contributed by atoms with E-state index >= 15 is 0 Å². The maximum absolute atomic E-state index is 13.9. The van der Waals surface area contributed by atoms with E-state index in [9.17, 15) is 35.2 Å². The summed E-state index contributed by atoms with van der Waals surface area (Å²) in [6.45, 7) is 0. The number of aromatic nitrogens is 1. The van der Waals surface area contributed by atoms with Crippen LogP contribution < -0.4 is 10.1 Å². The second kappa shape index (κ2) is 8.54. The molecule has 0 spiro atoms. The number of pyridine rings is 1. The third-order valence-corrected chi connectivity index (χ3v) is 5.15. The Morgan fingerprint density at radius 3 is 2.44 bits per heavy atom. The number of nitrogens with zero attached hydrogens (tertiary/aromatic N) is 1. The fourth-order valence-electron chi connectivity index (χ4n) is 2.51. The molecule has 2 aromatic carbocycles. The van der Waals surface area contributed by atoms with Crippen LogP contribution in [0.25, 0.3) is 0 Å². The van der Waals surface area contributed by atoms with Gasteiger partial charge in [-0.2, -0.15) is 13.2 Å². The van der Waals surface area contributed by atoms with Gasteiger partial charge in [0.05, 0.1) is 10.5 Å². The summed E-state index contributed by atoms with van der Waals surface area (Å²) in [5.41, 5.74) is -2.08. The van der Waals surface area contributed by atoms with Gasteiger partial charge in [0.2, 0.25) is 5.88 Å². The van der Waals surface area contributed by atoms with Gasteiger partial charge in [0.25, 0.3) is 5.91 Å². The Kier molecular flexibility index (Phi) is 6.17. The van der Waals surface area contributed by atoms with Crippen LogP contribution in [0.2, 0.25) is 0 Å². The summed E-state index contributed by atoms with van der Waals surface area (Å²) in [5, 5.41) is 2.24. The molecule has 6 nitrogen and oxygen atoms in total. The van der Waals surface area contributed by atoms with Gasteiger partial charge in [0.15, 0.2) is 21.4 Å². The van der Waals surface area contributed by atoms with Crippen LogP contribution in [0.1, 0.15) is 15.9 Å². The second-order valence-electron chi connectivity index (χ2n) is 6.51.